The summed E-state index contributed by atoms with van der Waals surface area (Å²) in [6.45, 7) is 9.58. The van der Waals surface area contributed by atoms with Crippen molar-refractivity contribution < 1.29 is 0 Å². The fraction of sp³-hybridized carbons (Fsp3) is 0.714. The van der Waals surface area contributed by atoms with Gasteiger partial charge < -0.3 is 10.2 Å². The van der Waals surface area contributed by atoms with E-state index in [4.69, 9.17) is 0 Å². The van der Waals surface area contributed by atoms with Crippen LogP contribution >= 0.6 is 0 Å². The van der Waals surface area contributed by atoms with Crippen LogP contribution in [0.15, 0.2) is 12.4 Å². The van der Waals surface area contributed by atoms with E-state index in [2.05, 4.69) is 47.0 Å². The van der Waals surface area contributed by atoms with Gasteiger partial charge >= 0.3 is 0 Å². The maximum absolute atomic E-state index is 4.40. The van der Waals surface area contributed by atoms with Crippen LogP contribution in [0.1, 0.15) is 46.5 Å². The van der Waals surface area contributed by atoms with Gasteiger partial charge in [-0.1, -0.05) is 26.7 Å². The Morgan fingerprint density at radius 1 is 1.06 bits per heavy atom. The molecule has 0 aromatic carbocycles. The Hall–Kier alpha value is -1.32. The minimum atomic E-state index is 0.889. The predicted molar refractivity (Wildman–Crippen MR) is 78.2 cm³/mol. The fourth-order valence-corrected chi connectivity index (χ4v) is 1.84. The van der Waals surface area contributed by atoms with Crippen LogP contribution in [0.5, 0.6) is 0 Å². The molecule has 1 aromatic rings. The Kier molecular flexibility index (Phi) is 7.14. The van der Waals surface area contributed by atoms with Crippen LogP contribution in [0.4, 0.5) is 11.6 Å². The lowest BCUT2D eigenvalue weighted by molar-refractivity contribution is 0.670. The maximum Gasteiger partial charge on any atom is 0.134 e. The molecule has 1 heterocycles. The third-order valence-electron chi connectivity index (χ3n) is 2.90. The zero-order chi connectivity index (χ0) is 13.2. The summed E-state index contributed by atoms with van der Waals surface area (Å²) in [6, 6.07) is 2.05. The van der Waals surface area contributed by atoms with Crippen molar-refractivity contribution in [3.05, 3.63) is 12.4 Å². The molecule has 0 fully saturated rings. The third kappa shape index (κ3) is 4.90. The molecule has 102 valence electrons. The van der Waals surface area contributed by atoms with Crippen LogP contribution in [-0.4, -0.2) is 29.6 Å². The Labute approximate surface area is 111 Å². The molecular formula is C14H26N4. The molecule has 4 nitrogen and oxygen atoms in total. The van der Waals surface area contributed by atoms with Crippen molar-refractivity contribution in [1.82, 2.24) is 9.97 Å². The molecule has 0 aliphatic rings. The minimum absolute atomic E-state index is 0.889. The molecule has 0 aliphatic carbocycles. The lowest BCUT2D eigenvalue weighted by Gasteiger charge is -2.23. The highest BCUT2D eigenvalue weighted by atomic mass is 15.2. The first kappa shape index (κ1) is 14.7. The molecule has 1 N–H and O–H groups in total. The van der Waals surface area contributed by atoms with Gasteiger partial charge in [0.1, 0.15) is 18.0 Å². The van der Waals surface area contributed by atoms with E-state index < -0.39 is 0 Å². The number of aromatic nitrogens is 2. The van der Waals surface area contributed by atoms with E-state index in [1.807, 2.05) is 0 Å². The van der Waals surface area contributed by atoms with E-state index in [1.165, 1.54) is 25.7 Å². The number of nitrogens with zero attached hydrogens (tertiary/aromatic N) is 3. The van der Waals surface area contributed by atoms with E-state index in [-0.39, 0.29) is 0 Å². The van der Waals surface area contributed by atoms with Gasteiger partial charge in [0.2, 0.25) is 0 Å². The van der Waals surface area contributed by atoms with Gasteiger partial charge in [-0.25, -0.2) is 9.97 Å². The number of anilines is 2. The molecule has 0 aliphatic heterocycles. The van der Waals surface area contributed by atoms with Crippen LogP contribution in [0, 0.1) is 0 Å². The molecular weight excluding hydrogens is 224 g/mol. The highest BCUT2D eigenvalue weighted by Gasteiger charge is 2.07. The van der Waals surface area contributed by atoms with E-state index in [9.17, 15) is 0 Å². The molecule has 1 aromatic heterocycles. The topological polar surface area (TPSA) is 41.0 Å². The molecule has 0 bridgehead atoms. The van der Waals surface area contributed by atoms with Gasteiger partial charge in [-0.15, -0.1) is 0 Å². The second kappa shape index (κ2) is 8.72. The smallest absolute Gasteiger partial charge is 0.134 e. The largest absolute Gasteiger partial charge is 0.370 e. The quantitative estimate of drug-likeness (QED) is 0.730. The summed E-state index contributed by atoms with van der Waals surface area (Å²) in [6.07, 6.45) is 6.51. The van der Waals surface area contributed by atoms with Crippen LogP contribution in [0.25, 0.3) is 0 Å². The van der Waals surface area contributed by atoms with E-state index in [1.54, 1.807) is 6.33 Å². The Balaban J connectivity index is 2.72. The Bertz CT molecular complexity index is 319. The van der Waals surface area contributed by atoms with Gasteiger partial charge in [0.25, 0.3) is 0 Å². The summed E-state index contributed by atoms with van der Waals surface area (Å²) in [4.78, 5) is 11.0. The number of hydrogen-bond acceptors (Lipinski definition) is 4. The van der Waals surface area contributed by atoms with Crippen molar-refractivity contribution >= 4 is 11.6 Å². The van der Waals surface area contributed by atoms with Crippen LogP contribution < -0.4 is 10.2 Å². The maximum atomic E-state index is 4.40. The summed E-state index contributed by atoms with van der Waals surface area (Å²) >= 11 is 0. The summed E-state index contributed by atoms with van der Waals surface area (Å²) < 4.78 is 0. The zero-order valence-electron chi connectivity index (χ0n) is 11.9. The molecule has 18 heavy (non-hydrogen) atoms. The molecule has 0 radical (unpaired) electrons. The first-order valence-corrected chi connectivity index (χ1v) is 7.12. The molecule has 0 amide bonds. The normalized spacial score (nSPS) is 10.4. The highest BCUT2D eigenvalue weighted by molar-refractivity contribution is 5.48. The van der Waals surface area contributed by atoms with Crippen molar-refractivity contribution in [3.63, 3.8) is 0 Å². The molecule has 4 heteroatoms. The first-order chi connectivity index (χ1) is 8.81. The van der Waals surface area contributed by atoms with E-state index in [0.29, 0.717) is 0 Å². The third-order valence-corrected chi connectivity index (χ3v) is 2.90. The van der Waals surface area contributed by atoms with Crippen molar-refractivity contribution in [2.75, 3.05) is 29.9 Å². The van der Waals surface area contributed by atoms with E-state index >= 15 is 0 Å². The fourth-order valence-electron chi connectivity index (χ4n) is 1.84. The monoisotopic (exact) mass is 250 g/mol. The first-order valence-electron chi connectivity index (χ1n) is 7.12. The average Bonchev–Trinajstić information content (AvgIpc) is 2.40. The van der Waals surface area contributed by atoms with Gasteiger partial charge in [0.05, 0.1) is 0 Å². The Morgan fingerprint density at radius 2 is 1.72 bits per heavy atom. The van der Waals surface area contributed by atoms with Gasteiger partial charge in [0, 0.05) is 25.7 Å². The van der Waals surface area contributed by atoms with Crippen molar-refractivity contribution in [1.29, 1.82) is 0 Å². The molecule has 0 spiro atoms. The van der Waals surface area contributed by atoms with E-state index in [0.717, 1.165) is 31.3 Å². The van der Waals surface area contributed by atoms with Crippen molar-refractivity contribution in [3.8, 4) is 0 Å². The summed E-state index contributed by atoms with van der Waals surface area (Å²) in [5, 5.41) is 3.24. The number of nitrogens with one attached hydrogen (secondary N) is 1. The number of rotatable bonds is 9. The molecule has 1 rings (SSSR count). The zero-order valence-corrected chi connectivity index (χ0v) is 11.9. The minimum Gasteiger partial charge on any atom is -0.370 e. The summed E-state index contributed by atoms with van der Waals surface area (Å²) in [5.74, 6) is 1.96. The standard InChI is InChI=1S/C14H26N4/c1-4-7-9-18(10-8-5-2)14-11-13(15-6-3)16-12-17-14/h11-12H,4-10H2,1-3H3,(H,15,16,17). The van der Waals surface area contributed by atoms with Gasteiger partial charge in [-0.05, 0) is 19.8 Å². The molecule has 0 unspecified atom stereocenters. The second-order valence-corrected chi connectivity index (χ2v) is 4.49. The van der Waals surface area contributed by atoms with Crippen LogP contribution in [0.2, 0.25) is 0 Å². The SMILES string of the molecule is CCCCN(CCCC)c1cc(NCC)ncn1. The number of unbranched alkanes of at least 4 members (excludes halogenated alkanes) is 2. The lowest BCUT2D eigenvalue weighted by Crippen LogP contribution is -2.26. The Morgan fingerprint density at radius 3 is 2.28 bits per heavy atom. The van der Waals surface area contributed by atoms with Gasteiger partial charge in [-0.3, -0.25) is 0 Å². The average molecular weight is 250 g/mol. The van der Waals surface area contributed by atoms with Crippen LogP contribution in [-0.2, 0) is 0 Å². The van der Waals surface area contributed by atoms with Crippen molar-refractivity contribution in [2.24, 2.45) is 0 Å². The number of hydrogen-bond donors (Lipinski definition) is 1. The van der Waals surface area contributed by atoms with Gasteiger partial charge in [0.15, 0.2) is 0 Å². The van der Waals surface area contributed by atoms with Gasteiger partial charge in [-0.2, -0.15) is 0 Å². The van der Waals surface area contributed by atoms with Crippen molar-refractivity contribution in [2.45, 2.75) is 46.5 Å². The molecule has 0 saturated carbocycles. The predicted octanol–water partition coefficient (Wildman–Crippen LogP) is 3.32. The molecule has 0 atom stereocenters. The molecule has 0 saturated heterocycles. The summed E-state index contributed by atoms with van der Waals surface area (Å²) in [7, 11) is 0. The van der Waals surface area contributed by atoms with Crippen LogP contribution in [0.3, 0.4) is 0 Å². The highest BCUT2D eigenvalue weighted by Crippen LogP contribution is 2.15. The summed E-state index contributed by atoms with van der Waals surface area (Å²) in [5.41, 5.74) is 0. The lowest BCUT2D eigenvalue weighted by atomic mass is 10.2. The second-order valence-electron chi connectivity index (χ2n) is 4.49.